The minimum Gasteiger partial charge on any atom is -0.378 e. The van der Waals surface area contributed by atoms with Gasteiger partial charge in [0.2, 0.25) is 0 Å². The van der Waals surface area contributed by atoms with Gasteiger partial charge in [-0.1, -0.05) is 13.8 Å². The zero-order chi connectivity index (χ0) is 15.3. The first kappa shape index (κ1) is 16.9. The molecular weight excluding hydrogens is 308 g/mol. The molecule has 2 rings (SSSR count). The van der Waals surface area contributed by atoms with Crippen molar-refractivity contribution >= 4 is 21.4 Å². The summed E-state index contributed by atoms with van der Waals surface area (Å²) in [5.41, 5.74) is 0. The number of ether oxygens (including phenoxy) is 1. The molecule has 1 N–H and O–H groups in total. The third-order valence-corrected chi connectivity index (χ3v) is 7.21. The molecule has 7 heteroatoms. The van der Waals surface area contributed by atoms with Gasteiger partial charge in [0.1, 0.15) is 4.21 Å². The van der Waals surface area contributed by atoms with Crippen molar-refractivity contribution in [2.75, 3.05) is 32.8 Å². The van der Waals surface area contributed by atoms with Crippen LogP contribution in [-0.4, -0.2) is 51.6 Å². The Morgan fingerprint density at radius 2 is 2.24 bits per heavy atom. The van der Waals surface area contributed by atoms with Crippen molar-refractivity contribution < 1.29 is 13.2 Å². The number of hydrogen-bond donors (Lipinski definition) is 1. The Morgan fingerprint density at radius 3 is 2.95 bits per heavy atom. The van der Waals surface area contributed by atoms with Crippen molar-refractivity contribution in [1.82, 2.24) is 9.62 Å². The van der Waals surface area contributed by atoms with Gasteiger partial charge in [-0.15, -0.1) is 11.3 Å². The maximum absolute atomic E-state index is 12.8. The van der Waals surface area contributed by atoms with Crippen molar-refractivity contribution in [3.05, 3.63) is 17.0 Å². The second-order valence-corrected chi connectivity index (χ2v) is 8.36. The van der Waals surface area contributed by atoms with Gasteiger partial charge in [0.15, 0.2) is 0 Å². The monoisotopic (exact) mass is 332 g/mol. The molecule has 1 saturated heterocycles. The summed E-state index contributed by atoms with van der Waals surface area (Å²) in [6.07, 6.45) is 1.65. The Bertz CT molecular complexity index is 542. The van der Waals surface area contributed by atoms with E-state index in [4.69, 9.17) is 4.74 Å². The van der Waals surface area contributed by atoms with Crippen LogP contribution in [0.5, 0.6) is 0 Å². The fourth-order valence-corrected chi connectivity index (χ4v) is 5.57. The molecule has 1 aliphatic heterocycles. The summed E-state index contributed by atoms with van der Waals surface area (Å²) < 4.78 is 33.0. The number of sulfonamides is 1. The predicted molar refractivity (Wildman–Crippen MR) is 85.4 cm³/mol. The van der Waals surface area contributed by atoms with Gasteiger partial charge in [-0.2, -0.15) is 4.31 Å². The number of likely N-dealkylation sites (N-methyl/N-ethyl adjacent to an activating group) is 1. The summed E-state index contributed by atoms with van der Waals surface area (Å²) in [6, 6.07) is 3.62. The number of thiophene rings is 1. The normalized spacial score (nSPS) is 20.8. The van der Waals surface area contributed by atoms with E-state index in [-0.39, 0.29) is 6.04 Å². The topological polar surface area (TPSA) is 58.6 Å². The van der Waals surface area contributed by atoms with Gasteiger partial charge in [-0.3, -0.25) is 0 Å². The second-order valence-electron chi connectivity index (χ2n) is 5.08. The molecule has 2 heterocycles. The zero-order valence-electron chi connectivity index (χ0n) is 12.7. The van der Waals surface area contributed by atoms with E-state index in [0.29, 0.717) is 24.0 Å². The predicted octanol–water partition coefficient (Wildman–Crippen LogP) is 1.70. The average Bonchev–Trinajstić information content (AvgIpc) is 2.97. The number of nitrogens with one attached hydrogen (secondary N) is 1. The molecule has 0 spiro atoms. The fraction of sp³-hybridized carbons (Fsp3) is 0.714. The molecule has 120 valence electrons. The van der Waals surface area contributed by atoms with Crippen LogP contribution in [-0.2, 0) is 21.2 Å². The summed E-state index contributed by atoms with van der Waals surface area (Å²) in [4.78, 5) is 1.11. The van der Waals surface area contributed by atoms with Gasteiger partial charge >= 0.3 is 0 Å². The van der Waals surface area contributed by atoms with Crippen LogP contribution < -0.4 is 5.32 Å². The third kappa shape index (κ3) is 4.04. The Kier molecular flexibility index (Phi) is 6.19. The molecular formula is C14H24N2O3S2. The van der Waals surface area contributed by atoms with E-state index in [2.05, 4.69) is 12.2 Å². The summed E-state index contributed by atoms with van der Waals surface area (Å²) in [7, 11) is -3.38. The number of rotatable bonds is 7. The smallest absolute Gasteiger partial charge is 0.252 e. The molecule has 0 amide bonds. The van der Waals surface area contributed by atoms with E-state index in [9.17, 15) is 8.42 Å². The van der Waals surface area contributed by atoms with Crippen LogP contribution in [0, 0.1) is 0 Å². The molecule has 1 atom stereocenters. The lowest BCUT2D eigenvalue weighted by atomic mass is 10.2. The molecule has 5 nitrogen and oxygen atoms in total. The molecule has 0 saturated carbocycles. The number of hydrogen-bond acceptors (Lipinski definition) is 5. The summed E-state index contributed by atoms with van der Waals surface area (Å²) in [5, 5.41) is 3.25. The minimum atomic E-state index is -3.38. The first-order valence-corrected chi connectivity index (χ1v) is 9.74. The van der Waals surface area contributed by atoms with Crippen LogP contribution in [0.4, 0.5) is 0 Å². The Labute approximate surface area is 131 Å². The van der Waals surface area contributed by atoms with Crippen LogP contribution in [0.25, 0.3) is 0 Å². The van der Waals surface area contributed by atoms with E-state index in [1.165, 1.54) is 11.3 Å². The van der Waals surface area contributed by atoms with E-state index >= 15 is 0 Å². The van der Waals surface area contributed by atoms with Gasteiger partial charge in [0.05, 0.1) is 13.2 Å². The van der Waals surface area contributed by atoms with E-state index in [1.807, 2.05) is 13.0 Å². The average molecular weight is 332 g/mol. The zero-order valence-corrected chi connectivity index (χ0v) is 14.3. The highest BCUT2D eigenvalue weighted by molar-refractivity contribution is 7.91. The van der Waals surface area contributed by atoms with Crippen molar-refractivity contribution in [2.45, 2.75) is 36.9 Å². The number of morpholine rings is 1. The Balaban J connectivity index is 2.11. The summed E-state index contributed by atoms with van der Waals surface area (Å²) in [5.74, 6) is 0. The molecule has 0 bridgehead atoms. The molecule has 1 aromatic rings. The first-order chi connectivity index (χ1) is 10.1. The lowest BCUT2D eigenvalue weighted by Gasteiger charge is -2.33. The van der Waals surface area contributed by atoms with Crippen molar-refractivity contribution in [3.8, 4) is 0 Å². The fourth-order valence-electron chi connectivity index (χ4n) is 2.41. The number of nitrogens with zero attached hydrogens (tertiary/aromatic N) is 1. The standard InChI is InChI=1S/C14H24N2O3S2/c1-3-12-11-19-10-9-16(12)21(17,18)14-6-5-13(20-14)7-8-15-4-2/h5-6,12,15H,3-4,7-11H2,1-2H3. The van der Waals surface area contributed by atoms with E-state index in [0.717, 1.165) is 30.8 Å². The SMILES string of the molecule is CCNCCc1ccc(S(=O)(=O)N2CCOCC2CC)s1. The third-order valence-electron chi connectivity index (χ3n) is 3.64. The molecule has 0 aliphatic carbocycles. The molecule has 1 aliphatic rings. The highest BCUT2D eigenvalue weighted by Crippen LogP contribution is 2.28. The molecule has 0 radical (unpaired) electrons. The van der Waals surface area contributed by atoms with Gasteiger partial charge in [0.25, 0.3) is 10.0 Å². The largest absolute Gasteiger partial charge is 0.378 e. The highest BCUT2D eigenvalue weighted by Gasteiger charge is 2.33. The van der Waals surface area contributed by atoms with Gasteiger partial charge < -0.3 is 10.1 Å². The van der Waals surface area contributed by atoms with Crippen LogP contribution in [0.2, 0.25) is 0 Å². The second kappa shape index (κ2) is 7.69. The van der Waals surface area contributed by atoms with Crippen molar-refractivity contribution in [1.29, 1.82) is 0 Å². The maximum atomic E-state index is 12.8. The van der Waals surface area contributed by atoms with Crippen LogP contribution in [0.15, 0.2) is 16.3 Å². The Morgan fingerprint density at radius 1 is 1.43 bits per heavy atom. The van der Waals surface area contributed by atoms with Crippen LogP contribution in [0.1, 0.15) is 25.1 Å². The molecule has 1 unspecified atom stereocenters. The maximum Gasteiger partial charge on any atom is 0.252 e. The van der Waals surface area contributed by atoms with Gasteiger partial charge in [0, 0.05) is 17.5 Å². The van der Waals surface area contributed by atoms with Crippen molar-refractivity contribution in [2.24, 2.45) is 0 Å². The Hall–Kier alpha value is -0.470. The quantitative estimate of drug-likeness (QED) is 0.772. The lowest BCUT2D eigenvalue weighted by molar-refractivity contribution is 0.0315. The summed E-state index contributed by atoms with van der Waals surface area (Å²) >= 11 is 1.39. The highest BCUT2D eigenvalue weighted by atomic mass is 32.2. The van der Waals surface area contributed by atoms with Crippen LogP contribution >= 0.6 is 11.3 Å². The molecule has 0 aromatic carbocycles. The lowest BCUT2D eigenvalue weighted by Crippen LogP contribution is -2.48. The van der Waals surface area contributed by atoms with Crippen LogP contribution in [0.3, 0.4) is 0 Å². The first-order valence-electron chi connectivity index (χ1n) is 7.48. The molecule has 1 aromatic heterocycles. The minimum absolute atomic E-state index is 0.0453. The van der Waals surface area contributed by atoms with Gasteiger partial charge in [-0.25, -0.2) is 8.42 Å². The molecule has 21 heavy (non-hydrogen) atoms. The molecule has 1 fully saturated rings. The summed E-state index contributed by atoms with van der Waals surface area (Å²) in [6.45, 7) is 7.30. The van der Waals surface area contributed by atoms with Gasteiger partial charge in [-0.05, 0) is 38.1 Å². The van der Waals surface area contributed by atoms with E-state index < -0.39 is 10.0 Å². The van der Waals surface area contributed by atoms with E-state index in [1.54, 1.807) is 10.4 Å². The van der Waals surface area contributed by atoms with Crippen molar-refractivity contribution in [3.63, 3.8) is 0 Å².